The molecule has 4 nitrogen and oxygen atoms in total. The number of aliphatic carboxylic acids is 1. The molecule has 0 saturated carbocycles. The van der Waals surface area contributed by atoms with Gasteiger partial charge in [-0.05, 0) is 20.8 Å². The molecule has 0 aromatic heterocycles. The molecule has 4 heteroatoms. The Morgan fingerprint density at radius 2 is 1.62 bits per heavy atom. The molecule has 0 amide bonds. The van der Waals surface area contributed by atoms with Crippen molar-refractivity contribution in [3.63, 3.8) is 0 Å². The average molecular weight is 190 g/mol. The Kier molecular flexibility index (Phi) is 12.5. The number of carboxylic acids is 1. The van der Waals surface area contributed by atoms with Crippen LogP contribution in [0.15, 0.2) is 0 Å². The Morgan fingerprint density at radius 1 is 1.15 bits per heavy atom. The third-order valence-corrected chi connectivity index (χ3v) is 1.10. The van der Waals surface area contributed by atoms with E-state index in [1.54, 1.807) is 0 Å². The maximum atomic E-state index is 10.1. The fourth-order valence-corrected chi connectivity index (χ4v) is 0.487. The van der Waals surface area contributed by atoms with Gasteiger partial charge in [0.05, 0.1) is 6.42 Å². The fraction of sp³-hybridized carbons (Fsp3) is 0.778. The predicted octanol–water partition coefficient (Wildman–Crippen LogP) is 1.48. The molecule has 0 aliphatic heterocycles. The summed E-state index contributed by atoms with van der Waals surface area (Å²) in [5.74, 6) is -0.993. The Hall–Kier alpha value is -0.900. The minimum Gasteiger partial charge on any atom is -0.481 e. The summed E-state index contributed by atoms with van der Waals surface area (Å²) in [5.41, 5.74) is 0. The molecule has 0 saturated heterocycles. The normalized spacial score (nSPS) is 8.54. The second-order valence-corrected chi connectivity index (χ2v) is 2.38. The summed E-state index contributed by atoms with van der Waals surface area (Å²) >= 11 is 0. The molecule has 0 spiro atoms. The summed E-state index contributed by atoms with van der Waals surface area (Å²) < 4.78 is 4.83. The van der Waals surface area contributed by atoms with Gasteiger partial charge in [-0.1, -0.05) is 0 Å². The highest BCUT2D eigenvalue weighted by Crippen LogP contribution is 1.87. The molecule has 0 bridgehead atoms. The number of carbonyl (C=O) groups is 2. The van der Waals surface area contributed by atoms with E-state index in [4.69, 9.17) is 9.84 Å². The van der Waals surface area contributed by atoms with Crippen molar-refractivity contribution in [1.29, 1.82) is 0 Å². The quantitative estimate of drug-likeness (QED) is 0.713. The van der Waals surface area contributed by atoms with Crippen molar-refractivity contribution in [2.24, 2.45) is 0 Å². The molecular formula is C9H18O4. The molecule has 0 rings (SSSR count). The van der Waals surface area contributed by atoms with E-state index in [1.165, 1.54) is 6.92 Å². The van der Waals surface area contributed by atoms with Gasteiger partial charge in [0.2, 0.25) is 0 Å². The number of Topliss-reactive ketones (excluding diaryl/α,β-unsaturated/α-hetero) is 1. The molecule has 13 heavy (non-hydrogen) atoms. The summed E-state index contributed by atoms with van der Waals surface area (Å²) in [6.07, 6.45) is 0.102. The molecule has 0 aliphatic rings. The maximum absolute atomic E-state index is 10.1. The number of ketones is 1. The highest BCUT2D eigenvalue weighted by Gasteiger charge is 1.97. The zero-order chi connectivity index (χ0) is 10.7. The van der Waals surface area contributed by atoms with Crippen LogP contribution in [-0.4, -0.2) is 30.1 Å². The van der Waals surface area contributed by atoms with Crippen molar-refractivity contribution in [2.45, 2.75) is 33.6 Å². The van der Waals surface area contributed by atoms with E-state index in [1.807, 2.05) is 13.8 Å². The van der Waals surface area contributed by atoms with Crippen molar-refractivity contribution < 1.29 is 19.4 Å². The minimum absolute atomic E-state index is 0.0463. The highest BCUT2D eigenvalue weighted by molar-refractivity contribution is 5.80. The van der Waals surface area contributed by atoms with Crippen LogP contribution in [0.4, 0.5) is 0 Å². The lowest BCUT2D eigenvalue weighted by Gasteiger charge is -1.86. The van der Waals surface area contributed by atoms with Crippen LogP contribution in [0.5, 0.6) is 0 Å². The molecule has 0 aliphatic carbocycles. The Morgan fingerprint density at radius 3 is 1.69 bits per heavy atom. The molecule has 0 fully saturated rings. The van der Waals surface area contributed by atoms with E-state index in [2.05, 4.69) is 0 Å². The summed E-state index contributed by atoms with van der Waals surface area (Å²) in [7, 11) is 0. The largest absolute Gasteiger partial charge is 0.481 e. The number of hydrogen-bond acceptors (Lipinski definition) is 3. The summed E-state index contributed by atoms with van der Waals surface area (Å²) in [6.45, 7) is 7.04. The number of ether oxygens (including phenoxy) is 1. The molecule has 0 radical (unpaired) electrons. The fourth-order valence-electron chi connectivity index (χ4n) is 0.487. The smallest absolute Gasteiger partial charge is 0.303 e. The molecule has 0 unspecified atom stereocenters. The first kappa shape index (κ1) is 14.6. The Labute approximate surface area is 78.9 Å². The van der Waals surface area contributed by atoms with Crippen LogP contribution in [0.2, 0.25) is 0 Å². The third kappa shape index (κ3) is 24.7. The summed E-state index contributed by atoms with van der Waals surface area (Å²) in [5, 5.41) is 8.01. The van der Waals surface area contributed by atoms with Crippen molar-refractivity contribution in [3.05, 3.63) is 0 Å². The second-order valence-electron chi connectivity index (χ2n) is 2.38. The van der Waals surface area contributed by atoms with E-state index in [-0.39, 0.29) is 18.6 Å². The molecule has 78 valence electrons. The first-order valence-corrected chi connectivity index (χ1v) is 4.33. The van der Waals surface area contributed by atoms with Gasteiger partial charge in [-0.15, -0.1) is 0 Å². The number of carboxylic acid groups (broad SMARTS) is 1. The lowest BCUT2D eigenvalue weighted by molar-refractivity contribution is -0.138. The van der Waals surface area contributed by atoms with E-state index < -0.39 is 5.97 Å². The van der Waals surface area contributed by atoms with Gasteiger partial charge in [-0.3, -0.25) is 4.79 Å². The standard InChI is InChI=1S/C5H8O3.C4H10O/c1-4(6)2-3-5(7)8;1-3-5-4-2/h2-3H2,1H3,(H,7,8);3-4H2,1-2H3. The number of carbonyl (C=O) groups excluding carboxylic acids is 1. The lowest BCUT2D eigenvalue weighted by Crippen LogP contribution is -1.98. The molecule has 0 aromatic carbocycles. The van der Waals surface area contributed by atoms with Gasteiger partial charge in [0.15, 0.2) is 0 Å². The monoisotopic (exact) mass is 190 g/mol. The summed E-state index contributed by atoms with van der Waals surface area (Å²) in [6, 6.07) is 0. The van der Waals surface area contributed by atoms with Crippen LogP contribution < -0.4 is 0 Å². The zero-order valence-corrected chi connectivity index (χ0v) is 8.50. The van der Waals surface area contributed by atoms with Crippen LogP contribution in [-0.2, 0) is 14.3 Å². The van der Waals surface area contributed by atoms with E-state index in [0.29, 0.717) is 0 Å². The predicted molar refractivity (Wildman–Crippen MR) is 49.7 cm³/mol. The topological polar surface area (TPSA) is 63.6 Å². The second kappa shape index (κ2) is 11.1. The van der Waals surface area contributed by atoms with Crippen molar-refractivity contribution in [2.75, 3.05) is 13.2 Å². The van der Waals surface area contributed by atoms with Gasteiger partial charge < -0.3 is 14.6 Å². The molecule has 1 N–H and O–H groups in total. The Bertz CT molecular complexity index is 127. The van der Waals surface area contributed by atoms with Gasteiger partial charge in [0.1, 0.15) is 5.78 Å². The number of hydrogen-bond donors (Lipinski definition) is 1. The van der Waals surface area contributed by atoms with E-state index in [9.17, 15) is 9.59 Å². The zero-order valence-electron chi connectivity index (χ0n) is 8.50. The van der Waals surface area contributed by atoms with Gasteiger partial charge in [-0.25, -0.2) is 0 Å². The lowest BCUT2D eigenvalue weighted by atomic mass is 10.2. The van der Waals surface area contributed by atoms with Crippen LogP contribution in [0.25, 0.3) is 0 Å². The van der Waals surface area contributed by atoms with Gasteiger partial charge in [0, 0.05) is 19.6 Å². The van der Waals surface area contributed by atoms with Crippen LogP contribution in [0.1, 0.15) is 33.6 Å². The summed E-state index contributed by atoms with van der Waals surface area (Å²) in [4.78, 5) is 19.8. The SMILES string of the molecule is CC(=O)CCC(=O)O.CCOCC. The molecule has 0 atom stereocenters. The van der Waals surface area contributed by atoms with Crippen molar-refractivity contribution in [3.8, 4) is 0 Å². The highest BCUT2D eigenvalue weighted by atomic mass is 16.5. The Balaban J connectivity index is 0. The van der Waals surface area contributed by atoms with Crippen molar-refractivity contribution >= 4 is 11.8 Å². The van der Waals surface area contributed by atoms with Crippen molar-refractivity contribution in [1.82, 2.24) is 0 Å². The molecule has 0 heterocycles. The van der Waals surface area contributed by atoms with Gasteiger partial charge in [0.25, 0.3) is 0 Å². The maximum Gasteiger partial charge on any atom is 0.303 e. The molecule has 0 aromatic rings. The van der Waals surface area contributed by atoms with Gasteiger partial charge >= 0.3 is 5.97 Å². The van der Waals surface area contributed by atoms with Crippen LogP contribution in [0.3, 0.4) is 0 Å². The van der Waals surface area contributed by atoms with Crippen LogP contribution in [0, 0.1) is 0 Å². The van der Waals surface area contributed by atoms with Crippen LogP contribution >= 0.6 is 0 Å². The van der Waals surface area contributed by atoms with E-state index >= 15 is 0 Å². The number of rotatable bonds is 5. The van der Waals surface area contributed by atoms with Gasteiger partial charge in [-0.2, -0.15) is 0 Å². The van der Waals surface area contributed by atoms with E-state index in [0.717, 1.165) is 13.2 Å². The molecular weight excluding hydrogens is 172 g/mol. The minimum atomic E-state index is -0.916. The third-order valence-electron chi connectivity index (χ3n) is 1.10. The first-order chi connectivity index (χ1) is 6.04. The average Bonchev–Trinajstić information content (AvgIpc) is 2.03. The first-order valence-electron chi connectivity index (χ1n) is 4.33.